The first kappa shape index (κ1) is 30.6. The first-order valence-electron chi connectivity index (χ1n) is 11.9. The van der Waals surface area contributed by atoms with Crippen LogP contribution in [0.5, 0.6) is 0 Å². The van der Waals surface area contributed by atoms with Gasteiger partial charge >= 0.3 is 12.4 Å². The van der Waals surface area contributed by atoms with Gasteiger partial charge in [0.05, 0.1) is 34.6 Å². The zero-order valence-corrected chi connectivity index (χ0v) is 23.1. The highest BCUT2D eigenvalue weighted by atomic mass is 35.5. The first-order valence-corrected chi connectivity index (χ1v) is 14.1. The topological polar surface area (TPSA) is 91.6 Å². The number of amides is 1. The number of benzene rings is 2. The molecule has 222 valence electrons. The van der Waals surface area contributed by atoms with Crippen molar-refractivity contribution in [1.29, 1.82) is 0 Å². The fourth-order valence-corrected chi connectivity index (χ4v) is 5.46. The van der Waals surface area contributed by atoms with Crippen LogP contribution in [0.3, 0.4) is 0 Å². The van der Waals surface area contributed by atoms with Crippen molar-refractivity contribution in [3.8, 4) is 0 Å². The molecule has 17 heteroatoms. The molecule has 4 rings (SSSR count). The molecule has 2 heterocycles. The molecule has 1 aliphatic rings. The summed E-state index contributed by atoms with van der Waals surface area (Å²) in [5.41, 5.74) is -3.31. The van der Waals surface area contributed by atoms with Crippen LogP contribution < -0.4 is 9.80 Å². The summed E-state index contributed by atoms with van der Waals surface area (Å²) < 4.78 is 107. The number of halogens is 7. The second kappa shape index (κ2) is 11.1. The summed E-state index contributed by atoms with van der Waals surface area (Å²) in [6, 6.07) is 7.56. The van der Waals surface area contributed by atoms with Crippen molar-refractivity contribution in [2.75, 3.05) is 49.3 Å². The van der Waals surface area contributed by atoms with Gasteiger partial charge in [0, 0.05) is 33.2 Å². The van der Waals surface area contributed by atoms with Crippen LogP contribution >= 0.6 is 11.6 Å². The number of carbonyl (C=O) groups excluding carboxylic acids is 1. The molecule has 0 aliphatic carbocycles. The Morgan fingerprint density at radius 1 is 0.976 bits per heavy atom. The molecule has 1 aliphatic heterocycles. The van der Waals surface area contributed by atoms with E-state index in [1.54, 1.807) is 29.2 Å². The van der Waals surface area contributed by atoms with Gasteiger partial charge in [0.15, 0.2) is 11.5 Å². The van der Waals surface area contributed by atoms with Crippen LogP contribution in [-0.2, 0) is 28.9 Å². The number of anilines is 2. The van der Waals surface area contributed by atoms with E-state index in [0.29, 0.717) is 17.8 Å². The van der Waals surface area contributed by atoms with E-state index in [-0.39, 0.29) is 54.3 Å². The summed E-state index contributed by atoms with van der Waals surface area (Å²) in [7, 11) is -2.12. The molecular weight excluding hydrogens is 602 g/mol. The summed E-state index contributed by atoms with van der Waals surface area (Å²) >= 11 is 6.22. The Hall–Kier alpha value is -3.37. The van der Waals surface area contributed by atoms with Crippen LogP contribution in [-0.4, -0.2) is 73.1 Å². The van der Waals surface area contributed by atoms with E-state index in [9.17, 15) is 39.6 Å². The maximum atomic E-state index is 13.5. The molecule has 0 radical (unpaired) electrons. The van der Waals surface area contributed by atoms with Crippen molar-refractivity contribution >= 4 is 39.0 Å². The summed E-state index contributed by atoms with van der Waals surface area (Å²) in [6.07, 6.45) is -9.07. The standard InChI is InChI=1S/C24H23ClF6N6O3S/c1-34(19-6-4-3-5-18(19)25)22(38)20-21(35-7-9-36(10-8-35)41(2,39)40)37(33-32-20)14-15-11-16(23(26,27)28)13-17(12-15)24(29,30)31/h3-6,11-13H,7-10,14H2,1-2H3. The highest BCUT2D eigenvalue weighted by Crippen LogP contribution is 2.37. The van der Waals surface area contributed by atoms with Crippen molar-refractivity contribution in [2.45, 2.75) is 18.9 Å². The quantitative estimate of drug-likeness (QED) is 0.378. The average Bonchev–Trinajstić information content (AvgIpc) is 3.29. The largest absolute Gasteiger partial charge is 0.416 e. The van der Waals surface area contributed by atoms with Crippen LogP contribution in [0.1, 0.15) is 27.2 Å². The van der Waals surface area contributed by atoms with E-state index in [2.05, 4.69) is 10.3 Å². The van der Waals surface area contributed by atoms with Gasteiger partial charge in [-0.15, -0.1) is 5.10 Å². The van der Waals surface area contributed by atoms with E-state index in [0.717, 1.165) is 10.9 Å². The molecule has 0 unspecified atom stereocenters. The molecule has 1 aromatic heterocycles. The lowest BCUT2D eigenvalue weighted by Gasteiger charge is -2.35. The third-order valence-electron chi connectivity index (χ3n) is 6.42. The third-order valence-corrected chi connectivity index (χ3v) is 8.04. The van der Waals surface area contributed by atoms with Crippen molar-refractivity contribution in [1.82, 2.24) is 19.3 Å². The minimum absolute atomic E-state index is 0.00743. The molecule has 3 aromatic rings. The highest BCUT2D eigenvalue weighted by molar-refractivity contribution is 7.88. The first-order chi connectivity index (χ1) is 19.0. The number of sulfonamides is 1. The summed E-state index contributed by atoms with van der Waals surface area (Å²) in [4.78, 5) is 16.3. The molecule has 2 aromatic carbocycles. The fraction of sp³-hybridized carbons (Fsp3) is 0.375. The van der Waals surface area contributed by atoms with Gasteiger partial charge in [0.25, 0.3) is 5.91 Å². The number of carbonyl (C=O) groups is 1. The van der Waals surface area contributed by atoms with Crippen molar-refractivity contribution < 1.29 is 39.6 Å². The number of rotatable bonds is 6. The van der Waals surface area contributed by atoms with Gasteiger partial charge < -0.3 is 9.80 Å². The van der Waals surface area contributed by atoms with E-state index >= 15 is 0 Å². The Morgan fingerprint density at radius 2 is 1.54 bits per heavy atom. The maximum absolute atomic E-state index is 13.5. The molecule has 0 bridgehead atoms. The van der Waals surface area contributed by atoms with Gasteiger partial charge in [-0.3, -0.25) is 4.79 Å². The molecule has 0 atom stereocenters. The van der Waals surface area contributed by atoms with Crippen LogP contribution in [0, 0.1) is 0 Å². The SMILES string of the molecule is CN(C(=O)c1nnn(Cc2cc(C(F)(F)F)cc(C(F)(F)F)c2)c1N1CCN(S(C)(=O)=O)CC1)c1ccccc1Cl. The van der Waals surface area contributed by atoms with E-state index < -0.39 is 46.0 Å². The van der Waals surface area contributed by atoms with Crippen LogP contribution in [0.25, 0.3) is 0 Å². The Bertz CT molecular complexity index is 1520. The average molecular weight is 625 g/mol. The van der Waals surface area contributed by atoms with Crippen molar-refractivity contribution in [3.05, 3.63) is 69.9 Å². The lowest BCUT2D eigenvalue weighted by Crippen LogP contribution is -2.49. The van der Waals surface area contributed by atoms with Gasteiger partial charge in [-0.1, -0.05) is 28.9 Å². The minimum atomic E-state index is -5.05. The summed E-state index contributed by atoms with van der Waals surface area (Å²) in [6.45, 7) is -0.468. The second-order valence-electron chi connectivity index (χ2n) is 9.30. The third kappa shape index (κ3) is 6.76. The number of para-hydroxylation sites is 1. The highest BCUT2D eigenvalue weighted by Gasteiger charge is 2.37. The predicted octanol–water partition coefficient (Wildman–Crippen LogP) is 4.38. The Kier molecular flexibility index (Phi) is 8.30. The Balaban J connectivity index is 1.78. The monoisotopic (exact) mass is 624 g/mol. The van der Waals surface area contributed by atoms with E-state index in [1.165, 1.54) is 16.3 Å². The van der Waals surface area contributed by atoms with Gasteiger partial charge in [0.2, 0.25) is 10.0 Å². The zero-order valence-electron chi connectivity index (χ0n) is 21.5. The van der Waals surface area contributed by atoms with E-state index in [4.69, 9.17) is 11.6 Å². The van der Waals surface area contributed by atoms with Crippen LogP contribution in [0.15, 0.2) is 42.5 Å². The van der Waals surface area contributed by atoms with Crippen LogP contribution in [0.2, 0.25) is 5.02 Å². The van der Waals surface area contributed by atoms with Crippen LogP contribution in [0.4, 0.5) is 37.8 Å². The number of nitrogens with zero attached hydrogens (tertiary/aromatic N) is 6. The molecule has 0 saturated carbocycles. The normalized spacial score (nSPS) is 15.3. The second-order valence-corrected chi connectivity index (χ2v) is 11.7. The van der Waals surface area contributed by atoms with Crippen molar-refractivity contribution in [2.24, 2.45) is 0 Å². The molecule has 41 heavy (non-hydrogen) atoms. The number of hydrogen-bond donors (Lipinski definition) is 0. The Labute approximate surface area is 235 Å². The fourth-order valence-electron chi connectivity index (χ4n) is 4.37. The molecule has 1 fully saturated rings. The zero-order chi connectivity index (χ0) is 30.3. The van der Waals surface area contributed by atoms with Gasteiger partial charge in [-0.25, -0.2) is 13.1 Å². The van der Waals surface area contributed by atoms with E-state index in [1.807, 2.05) is 0 Å². The number of alkyl halides is 6. The van der Waals surface area contributed by atoms with Gasteiger partial charge in [-0.2, -0.15) is 30.6 Å². The predicted molar refractivity (Wildman–Crippen MR) is 138 cm³/mol. The molecule has 0 N–H and O–H groups in total. The molecule has 1 amide bonds. The van der Waals surface area contributed by atoms with Crippen molar-refractivity contribution in [3.63, 3.8) is 0 Å². The maximum Gasteiger partial charge on any atom is 0.416 e. The van der Waals surface area contributed by atoms with Gasteiger partial charge in [0.1, 0.15) is 0 Å². The van der Waals surface area contributed by atoms with Gasteiger partial charge in [-0.05, 0) is 35.9 Å². The Morgan fingerprint density at radius 3 is 2.05 bits per heavy atom. The smallest absolute Gasteiger partial charge is 0.352 e. The molecular formula is C24H23ClF6N6O3S. The molecule has 1 saturated heterocycles. The molecule has 0 spiro atoms. The lowest BCUT2D eigenvalue weighted by molar-refractivity contribution is -0.143. The summed E-state index contributed by atoms with van der Waals surface area (Å²) in [5.74, 6) is -0.696. The lowest BCUT2D eigenvalue weighted by atomic mass is 10.0. The minimum Gasteiger partial charge on any atom is -0.352 e. The number of aromatic nitrogens is 3. The molecule has 9 nitrogen and oxygen atoms in total. The summed E-state index contributed by atoms with van der Waals surface area (Å²) in [5, 5.41) is 8.08. The number of hydrogen-bond acceptors (Lipinski definition) is 6. The number of piperazine rings is 1.